The summed E-state index contributed by atoms with van der Waals surface area (Å²) in [6.45, 7) is 9.07. The quantitative estimate of drug-likeness (QED) is 0.443. The molecule has 1 saturated heterocycles. The molecule has 3 rings (SSSR count). The van der Waals surface area contributed by atoms with E-state index in [1.54, 1.807) is 17.5 Å². The summed E-state index contributed by atoms with van der Waals surface area (Å²) in [4.78, 5) is 20.9. The van der Waals surface area contributed by atoms with Gasteiger partial charge in [0.1, 0.15) is 0 Å². The Labute approximate surface area is 196 Å². The topological polar surface area (TPSA) is 70.6 Å². The van der Waals surface area contributed by atoms with E-state index in [1.165, 1.54) is 12.6 Å². The molecule has 1 amide bonds. The number of hydrogen-bond donors (Lipinski definition) is 0. The summed E-state index contributed by atoms with van der Waals surface area (Å²) in [5.74, 6) is 0.627. The smallest absolute Gasteiger partial charge is 0.233 e. The van der Waals surface area contributed by atoms with Gasteiger partial charge in [-0.2, -0.15) is 0 Å². The van der Waals surface area contributed by atoms with E-state index in [1.807, 2.05) is 17.0 Å². The van der Waals surface area contributed by atoms with Crippen molar-refractivity contribution in [3.8, 4) is 0 Å². The van der Waals surface area contributed by atoms with Gasteiger partial charge in [0.05, 0.1) is 4.90 Å². The second-order valence-corrected chi connectivity index (χ2v) is 11.6. The second-order valence-electron chi connectivity index (χ2n) is 8.56. The molecular weight excluding hydrogens is 442 g/mol. The molecule has 8 heteroatoms. The highest BCUT2D eigenvalue weighted by Gasteiger charge is 2.21. The van der Waals surface area contributed by atoms with E-state index in [4.69, 9.17) is 0 Å². The number of unbranched alkanes of at least 4 members (excludes halogenated alkanes) is 1. The Kier molecular flexibility index (Phi) is 9.25. The molecule has 1 fully saturated rings. The molecule has 0 N–H and O–H groups in total. The van der Waals surface area contributed by atoms with Crippen molar-refractivity contribution in [3.63, 3.8) is 0 Å². The SMILES string of the molecule is CCN(CCCCN1CCCCCC1=O)CC(C)c1ccc(S(=O)(=O)c2nccs2)cc1. The summed E-state index contributed by atoms with van der Waals surface area (Å²) in [5, 5.41) is 1.68. The predicted octanol–water partition coefficient (Wildman–Crippen LogP) is 4.58. The highest BCUT2D eigenvalue weighted by atomic mass is 32.2. The van der Waals surface area contributed by atoms with Gasteiger partial charge in [0.25, 0.3) is 0 Å². The first-order valence-electron chi connectivity index (χ1n) is 11.7. The number of likely N-dealkylation sites (tertiary alicyclic amines) is 1. The zero-order chi connectivity index (χ0) is 23.0. The fraction of sp³-hybridized carbons (Fsp3) is 0.583. The molecule has 0 saturated carbocycles. The van der Waals surface area contributed by atoms with Crippen molar-refractivity contribution in [2.45, 2.75) is 67.5 Å². The first-order chi connectivity index (χ1) is 15.4. The van der Waals surface area contributed by atoms with E-state index >= 15 is 0 Å². The Hall–Kier alpha value is -1.77. The summed E-state index contributed by atoms with van der Waals surface area (Å²) in [7, 11) is -3.53. The third-order valence-electron chi connectivity index (χ3n) is 6.20. The minimum atomic E-state index is -3.53. The molecular formula is C24H35N3O3S2. The van der Waals surface area contributed by atoms with Gasteiger partial charge in [0, 0.05) is 37.6 Å². The van der Waals surface area contributed by atoms with E-state index in [2.05, 4.69) is 23.7 Å². The van der Waals surface area contributed by atoms with Crippen LogP contribution in [-0.4, -0.2) is 61.8 Å². The molecule has 32 heavy (non-hydrogen) atoms. The highest BCUT2D eigenvalue weighted by Crippen LogP contribution is 2.25. The first-order valence-corrected chi connectivity index (χ1v) is 14.0. The number of sulfone groups is 1. The molecule has 0 bridgehead atoms. The molecule has 1 aliphatic rings. The standard InChI is InChI=1S/C24H35N3O3S2/c1-3-26(15-7-8-17-27-16-6-4-5-9-23(27)28)19-20(2)21-10-12-22(13-11-21)32(29,30)24-25-14-18-31-24/h10-14,18,20H,3-9,15-17,19H2,1-2H3. The molecule has 176 valence electrons. The normalized spacial score (nSPS) is 16.3. The van der Waals surface area contributed by atoms with Crippen LogP contribution in [0.3, 0.4) is 0 Å². The molecule has 1 atom stereocenters. The van der Waals surface area contributed by atoms with Gasteiger partial charge in [-0.05, 0) is 62.4 Å². The van der Waals surface area contributed by atoms with Gasteiger partial charge in [-0.1, -0.05) is 32.4 Å². The molecule has 6 nitrogen and oxygen atoms in total. The van der Waals surface area contributed by atoms with Crippen LogP contribution in [0.2, 0.25) is 0 Å². The lowest BCUT2D eigenvalue weighted by Crippen LogP contribution is -2.32. The third-order valence-corrected chi connectivity index (χ3v) is 9.17. The van der Waals surface area contributed by atoms with Gasteiger partial charge in [-0.15, -0.1) is 11.3 Å². The molecule has 2 heterocycles. The average Bonchev–Trinajstić information content (AvgIpc) is 3.27. The number of carbonyl (C=O) groups is 1. The Bertz CT molecular complexity index is 943. The van der Waals surface area contributed by atoms with Crippen LogP contribution in [0.1, 0.15) is 63.9 Å². The second kappa shape index (κ2) is 11.9. The van der Waals surface area contributed by atoms with Crippen molar-refractivity contribution in [1.82, 2.24) is 14.8 Å². The number of rotatable bonds is 11. The van der Waals surface area contributed by atoms with Crippen LogP contribution in [0.25, 0.3) is 0 Å². The molecule has 2 aromatic rings. The van der Waals surface area contributed by atoms with E-state index in [0.29, 0.717) is 23.1 Å². The summed E-state index contributed by atoms with van der Waals surface area (Å²) < 4.78 is 25.4. The lowest BCUT2D eigenvalue weighted by Gasteiger charge is -2.25. The molecule has 0 radical (unpaired) electrons. The minimum Gasteiger partial charge on any atom is -0.343 e. The summed E-state index contributed by atoms with van der Waals surface area (Å²) in [6.07, 6.45) is 7.68. The number of amides is 1. The summed E-state index contributed by atoms with van der Waals surface area (Å²) in [5.41, 5.74) is 1.14. The number of thiazole rings is 1. The maximum atomic E-state index is 12.6. The fourth-order valence-corrected chi connectivity index (χ4v) is 6.42. The maximum Gasteiger partial charge on any atom is 0.233 e. The first kappa shape index (κ1) is 24.9. The molecule has 0 spiro atoms. The van der Waals surface area contributed by atoms with Crippen molar-refractivity contribution >= 4 is 27.1 Å². The lowest BCUT2D eigenvalue weighted by molar-refractivity contribution is -0.130. The Morgan fingerprint density at radius 2 is 1.94 bits per heavy atom. The van der Waals surface area contributed by atoms with Gasteiger partial charge in [0.2, 0.25) is 20.1 Å². The van der Waals surface area contributed by atoms with Gasteiger partial charge < -0.3 is 9.80 Å². The van der Waals surface area contributed by atoms with Gasteiger partial charge in [-0.3, -0.25) is 4.79 Å². The average molecular weight is 478 g/mol. The fourth-order valence-electron chi connectivity index (χ4n) is 4.20. The van der Waals surface area contributed by atoms with Crippen molar-refractivity contribution in [1.29, 1.82) is 0 Å². The van der Waals surface area contributed by atoms with E-state index in [-0.39, 0.29) is 4.34 Å². The van der Waals surface area contributed by atoms with Crippen LogP contribution in [0.4, 0.5) is 0 Å². The Morgan fingerprint density at radius 1 is 1.16 bits per heavy atom. The molecule has 1 aromatic carbocycles. The van der Waals surface area contributed by atoms with Crippen LogP contribution >= 0.6 is 11.3 Å². The molecule has 1 unspecified atom stereocenters. The number of carbonyl (C=O) groups excluding carboxylic acids is 1. The van der Waals surface area contributed by atoms with Gasteiger partial charge in [-0.25, -0.2) is 13.4 Å². The monoisotopic (exact) mass is 477 g/mol. The Balaban J connectivity index is 1.48. The summed E-state index contributed by atoms with van der Waals surface area (Å²) >= 11 is 1.14. The molecule has 0 aliphatic carbocycles. The largest absolute Gasteiger partial charge is 0.343 e. The number of hydrogen-bond acceptors (Lipinski definition) is 6. The van der Waals surface area contributed by atoms with Crippen molar-refractivity contribution in [2.24, 2.45) is 0 Å². The number of likely N-dealkylation sites (N-methyl/N-ethyl adjacent to an activating group) is 1. The van der Waals surface area contributed by atoms with Crippen LogP contribution in [0.5, 0.6) is 0 Å². The van der Waals surface area contributed by atoms with Crippen molar-refractivity contribution in [3.05, 3.63) is 41.4 Å². The number of aromatic nitrogens is 1. The zero-order valence-corrected chi connectivity index (χ0v) is 20.8. The maximum absolute atomic E-state index is 12.6. The predicted molar refractivity (Wildman–Crippen MR) is 129 cm³/mol. The van der Waals surface area contributed by atoms with Crippen LogP contribution in [-0.2, 0) is 14.6 Å². The Morgan fingerprint density at radius 3 is 2.62 bits per heavy atom. The van der Waals surface area contributed by atoms with Crippen LogP contribution in [0, 0.1) is 0 Å². The number of nitrogens with zero attached hydrogens (tertiary/aromatic N) is 3. The van der Waals surface area contributed by atoms with Crippen molar-refractivity contribution < 1.29 is 13.2 Å². The van der Waals surface area contributed by atoms with E-state index in [0.717, 1.165) is 75.3 Å². The van der Waals surface area contributed by atoms with Gasteiger partial charge in [0.15, 0.2) is 0 Å². The minimum absolute atomic E-state index is 0.136. The van der Waals surface area contributed by atoms with E-state index in [9.17, 15) is 13.2 Å². The van der Waals surface area contributed by atoms with E-state index < -0.39 is 9.84 Å². The zero-order valence-electron chi connectivity index (χ0n) is 19.2. The molecule has 1 aliphatic heterocycles. The summed E-state index contributed by atoms with van der Waals surface area (Å²) in [6, 6.07) is 7.22. The van der Waals surface area contributed by atoms with Crippen LogP contribution < -0.4 is 0 Å². The van der Waals surface area contributed by atoms with Crippen LogP contribution in [0.15, 0.2) is 45.1 Å². The lowest BCUT2D eigenvalue weighted by atomic mass is 10.0. The van der Waals surface area contributed by atoms with Gasteiger partial charge >= 0.3 is 0 Å². The van der Waals surface area contributed by atoms with Crippen molar-refractivity contribution in [2.75, 3.05) is 32.7 Å². The molecule has 1 aromatic heterocycles. The third kappa shape index (κ3) is 6.62. The highest BCUT2D eigenvalue weighted by molar-refractivity contribution is 7.93. The number of benzene rings is 1.